The monoisotopic (exact) mass is 390 g/mol. The maximum atomic E-state index is 11.3. The number of ether oxygens (including phenoxy) is 2. The SMILES string of the molecule is CCOC(=O)CCCCCCc1ccc(CCCCCCC(=O)OCC)cc1. The molecule has 0 bridgehead atoms. The Labute approximate surface area is 171 Å². The molecule has 0 radical (unpaired) electrons. The summed E-state index contributed by atoms with van der Waals surface area (Å²) in [6.07, 6.45) is 12.0. The summed E-state index contributed by atoms with van der Waals surface area (Å²) in [6, 6.07) is 8.98. The maximum Gasteiger partial charge on any atom is 0.305 e. The molecule has 0 unspecified atom stereocenters. The van der Waals surface area contributed by atoms with Gasteiger partial charge in [-0.25, -0.2) is 0 Å². The fourth-order valence-corrected chi connectivity index (χ4v) is 3.24. The highest BCUT2D eigenvalue weighted by atomic mass is 16.5. The fourth-order valence-electron chi connectivity index (χ4n) is 3.24. The second kappa shape index (κ2) is 16.1. The van der Waals surface area contributed by atoms with Crippen LogP contribution in [0.4, 0.5) is 0 Å². The predicted octanol–water partition coefficient (Wildman–Crippen LogP) is 5.80. The molecule has 0 saturated carbocycles. The van der Waals surface area contributed by atoms with Gasteiger partial charge in [-0.1, -0.05) is 49.9 Å². The zero-order chi connectivity index (χ0) is 20.5. The standard InChI is InChI=1S/C24H38O4/c1-3-27-23(25)15-11-7-5-9-13-21-17-19-22(20-18-21)14-10-6-8-12-16-24(26)28-4-2/h17-20H,3-16H2,1-2H3. The third kappa shape index (κ3) is 12.5. The van der Waals surface area contributed by atoms with Crippen LogP contribution < -0.4 is 0 Å². The van der Waals surface area contributed by atoms with E-state index in [0.717, 1.165) is 51.4 Å². The first kappa shape index (κ1) is 24.2. The lowest BCUT2D eigenvalue weighted by molar-refractivity contribution is -0.144. The van der Waals surface area contributed by atoms with Crippen LogP contribution in [0.15, 0.2) is 24.3 Å². The third-order valence-corrected chi connectivity index (χ3v) is 4.83. The second-order valence-electron chi connectivity index (χ2n) is 7.25. The van der Waals surface area contributed by atoms with Crippen molar-refractivity contribution in [3.05, 3.63) is 35.4 Å². The van der Waals surface area contributed by atoms with Crippen LogP contribution in [0.5, 0.6) is 0 Å². The van der Waals surface area contributed by atoms with Gasteiger partial charge in [0, 0.05) is 12.8 Å². The van der Waals surface area contributed by atoms with Crippen molar-refractivity contribution in [3.63, 3.8) is 0 Å². The van der Waals surface area contributed by atoms with E-state index in [1.54, 1.807) is 0 Å². The van der Waals surface area contributed by atoms with Crippen LogP contribution >= 0.6 is 0 Å². The molecule has 4 nitrogen and oxygen atoms in total. The molecule has 0 aliphatic carbocycles. The van der Waals surface area contributed by atoms with Gasteiger partial charge in [0.2, 0.25) is 0 Å². The van der Waals surface area contributed by atoms with Gasteiger partial charge in [-0.15, -0.1) is 0 Å². The normalized spacial score (nSPS) is 10.6. The molecule has 1 aromatic carbocycles. The van der Waals surface area contributed by atoms with Gasteiger partial charge in [-0.05, 0) is 63.5 Å². The van der Waals surface area contributed by atoms with E-state index in [9.17, 15) is 9.59 Å². The van der Waals surface area contributed by atoms with Crippen molar-refractivity contribution in [1.82, 2.24) is 0 Å². The Morgan fingerprint density at radius 2 is 0.964 bits per heavy atom. The highest BCUT2D eigenvalue weighted by Crippen LogP contribution is 2.13. The summed E-state index contributed by atoms with van der Waals surface area (Å²) in [6.45, 7) is 4.64. The van der Waals surface area contributed by atoms with Gasteiger partial charge in [0.1, 0.15) is 0 Å². The third-order valence-electron chi connectivity index (χ3n) is 4.83. The van der Waals surface area contributed by atoms with Gasteiger partial charge in [0.25, 0.3) is 0 Å². The van der Waals surface area contributed by atoms with E-state index in [0.29, 0.717) is 26.1 Å². The number of esters is 2. The van der Waals surface area contributed by atoms with Crippen LogP contribution in [-0.4, -0.2) is 25.2 Å². The molecule has 158 valence electrons. The van der Waals surface area contributed by atoms with Gasteiger partial charge >= 0.3 is 11.9 Å². The van der Waals surface area contributed by atoms with Crippen LogP contribution in [0.25, 0.3) is 0 Å². The number of unbranched alkanes of at least 4 members (excludes halogenated alkanes) is 6. The molecule has 4 heteroatoms. The lowest BCUT2D eigenvalue weighted by atomic mass is 10.0. The Hall–Kier alpha value is -1.84. The van der Waals surface area contributed by atoms with E-state index >= 15 is 0 Å². The molecule has 1 aromatic rings. The lowest BCUT2D eigenvalue weighted by Gasteiger charge is -2.06. The minimum Gasteiger partial charge on any atom is -0.466 e. The molecular weight excluding hydrogens is 352 g/mol. The van der Waals surface area contributed by atoms with Crippen LogP contribution in [0.1, 0.15) is 89.2 Å². The predicted molar refractivity (Wildman–Crippen MR) is 113 cm³/mol. The second-order valence-corrected chi connectivity index (χ2v) is 7.25. The number of carbonyl (C=O) groups excluding carboxylic acids is 2. The molecule has 0 atom stereocenters. The Morgan fingerprint density at radius 3 is 1.32 bits per heavy atom. The highest BCUT2D eigenvalue weighted by molar-refractivity contribution is 5.69. The van der Waals surface area contributed by atoms with E-state index in [1.807, 2.05) is 13.8 Å². The lowest BCUT2D eigenvalue weighted by Crippen LogP contribution is -2.03. The summed E-state index contributed by atoms with van der Waals surface area (Å²) in [5.41, 5.74) is 2.78. The number of hydrogen-bond acceptors (Lipinski definition) is 4. The van der Waals surface area contributed by atoms with Gasteiger partial charge in [0.15, 0.2) is 0 Å². The fraction of sp³-hybridized carbons (Fsp3) is 0.667. The molecule has 0 amide bonds. The number of hydrogen-bond donors (Lipinski definition) is 0. The van der Waals surface area contributed by atoms with E-state index < -0.39 is 0 Å². The zero-order valence-electron chi connectivity index (χ0n) is 17.8. The largest absolute Gasteiger partial charge is 0.466 e. The summed E-state index contributed by atoms with van der Waals surface area (Å²) in [5, 5.41) is 0. The van der Waals surface area contributed by atoms with Crippen molar-refractivity contribution < 1.29 is 19.1 Å². The van der Waals surface area contributed by atoms with Crippen LogP contribution in [0.3, 0.4) is 0 Å². The molecule has 0 aliphatic rings. The van der Waals surface area contributed by atoms with Crippen molar-refractivity contribution in [1.29, 1.82) is 0 Å². The molecule has 28 heavy (non-hydrogen) atoms. The molecule has 0 aliphatic heterocycles. The first-order chi connectivity index (χ1) is 13.7. The van der Waals surface area contributed by atoms with Crippen molar-refractivity contribution in [2.45, 2.75) is 90.9 Å². The average molecular weight is 391 g/mol. The Balaban J connectivity index is 2.04. The molecule has 1 rings (SSSR count). The van der Waals surface area contributed by atoms with Gasteiger partial charge in [0.05, 0.1) is 13.2 Å². The van der Waals surface area contributed by atoms with Crippen molar-refractivity contribution in [2.75, 3.05) is 13.2 Å². The van der Waals surface area contributed by atoms with E-state index in [4.69, 9.17) is 9.47 Å². The average Bonchev–Trinajstić information content (AvgIpc) is 2.68. The van der Waals surface area contributed by atoms with Crippen molar-refractivity contribution in [2.24, 2.45) is 0 Å². The molecule has 0 fully saturated rings. The summed E-state index contributed by atoms with van der Waals surface area (Å²) in [7, 11) is 0. The molecule has 0 N–H and O–H groups in total. The maximum absolute atomic E-state index is 11.3. The van der Waals surface area contributed by atoms with Crippen LogP contribution in [-0.2, 0) is 31.9 Å². The van der Waals surface area contributed by atoms with Crippen LogP contribution in [0.2, 0.25) is 0 Å². The van der Waals surface area contributed by atoms with Crippen molar-refractivity contribution >= 4 is 11.9 Å². The molecule has 0 spiro atoms. The summed E-state index contributed by atoms with van der Waals surface area (Å²) < 4.78 is 9.87. The molecular formula is C24H38O4. The first-order valence-electron chi connectivity index (χ1n) is 11.0. The quantitative estimate of drug-likeness (QED) is 0.264. The number of rotatable bonds is 16. The smallest absolute Gasteiger partial charge is 0.305 e. The topological polar surface area (TPSA) is 52.6 Å². The number of carbonyl (C=O) groups is 2. The summed E-state index contributed by atoms with van der Waals surface area (Å²) in [4.78, 5) is 22.5. The number of benzene rings is 1. The first-order valence-corrected chi connectivity index (χ1v) is 11.0. The van der Waals surface area contributed by atoms with E-state index in [-0.39, 0.29) is 11.9 Å². The zero-order valence-corrected chi connectivity index (χ0v) is 17.8. The Bertz CT molecular complexity index is 487. The highest BCUT2D eigenvalue weighted by Gasteiger charge is 2.02. The Morgan fingerprint density at radius 1 is 0.607 bits per heavy atom. The van der Waals surface area contributed by atoms with E-state index in [1.165, 1.54) is 24.0 Å². The summed E-state index contributed by atoms with van der Waals surface area (Å²) >= 11 is 0. The van der Waals surface area contributed by atoms with E-state index in [2.05, 4.69) is 24.3 Å². The van der Waals surface area contributed by atoms with Gasteiger partial charge < -0.3 is 9.47 Å². The van der Waals surface area contributed by atoms with Gasteiger partial charge in [-0.2, -0.15) is 0 Å². The molecule has 0 heterocycles. The Kier molecular flexibility index (Phi) is 14.0. The summed E-state index contributed by atoms with van der Waals surface area (Å²) in [5.74, 6) is -0.144. The molecule has 0 saturated heterocycles. The van der Waals surface area contributed by atoms with Crippen LogP contribution in [0, 0.1) is 0 Å². The minimum atomic E-state index is -0.0721. The number of aryl methyl sites for hydroxylation is 2. The van der Waals surface area contributed by atoms with Gasteiger partial charge in [-0.3, -0.25) is 9.59 Å². The molecule has 0 aromatic heterocycles. The minimum absolute atomic E-state index is 0.0721. The van der Waals surface area contributed by atoms with Crippen molar-refractivity contribution in [3.8, 4) is 0 Å².